The van der Waals surface area contributed by atoms with Gasteiger partial charge < -0.3 is 18.3 Å². The number of halogens is 3. The van der Waals surface area contributed by atoms with E-state index in [0.29, 0.717) is 5.56 Å². The van der Waals surface area contributed by atoms with E-state index in [9.17, 15) is 17.7 Å². The first-order valence-electron chi connectivity index (χ1n) is 4.09. The first kappa shape index (κ1) is 9.11. The van der Waals surface area contributed by atoms with Crippen molar-refractivity contribution in [2.75, 3.05) is 5.32 Å². The average Bonchev–Trinajstić information content (AvgIpc) is 2.41. The minimum Gasteiger partial charge on any atom is -0.445 e. The molecule has 0 aromatic heterocycles. The third-order valence-electron chi connectivity index (χ3n) is 2.14. The molecular formula is C8H6BF3NO-. The van der Waals surface area contributed by atoms with E-state index < -0.39 is 12.4 Å². The molecule has 0 saturated heterocycles. The second-order valence-electron chi connectivity index (χ2n) is 3.22. The van der Waals surface area contributed by atoms with Crippen LogP contribution < -0.4 is 10.8 Å². The fourth-order valence-corrected chi connectivity index (χ4v) is 1.44. The maximum absolute atomic E-state index is 12.3. The summed E-state index contributed by atoms with van der Waals surface area (Å²) in [5.41, 5.74) is 0.233. The third kappa shape index (κ3) is 1.47. The Hall–Kier alpha value is -1.46. The van der Waals surface area contributed by atoms with Gasteiger partial charge in [-0.05, 0) is 5.56 Å². The van der Waals surface area contributed by atoms with E-state index in [1.165, 1.54) is 6.07 Å². The highest BCUT2D eigenvalue weighted by molar-refractivity contribution is 6.73. The Kier molecular flexibility index (Phi) is 1.80. The van der Waals surface area contributed by atoms with Crippen LogP contribution in [-0.2, 0) is 11.2 Å². The van der Waals surface area contributed by atoms with Crippen LogP contribution >= 0.6 is 0 Å². The highest BCUT2D eigenvalue weighted by Gasteiger charge is 2.27. The SMILES string of the molecule is O=C1Cc2ccc([B-](F)(F)F)cc2N1. The summed E-state index contributed by atoms with van der Waals surface area (Å²) in [6, 6.07) is 3.34. The van der Waals surface area contributed by atoms with Gasteiger partial charge in [0, 0.05) is 5.69 Å². The predicted molar refractivity (Wildman–Crippen MR) is 47.5 cm³/mol. The van der Waals surface area contributed by atoms with Gasteiger partial charge >= 0.3 is 6.98 Å². The molecule has 2 nitrogen and oxygen atoms in total. The smallest absolute Gasteiger partial charge is 0.445 e. The average molecular weight is 200 g/mol. The minimum absolute atomic E-state index is 0.167. The lowest BCUT2D eigenvalue weighted by molar-refractivity contribution is -0.115. The molecule has 0 bridgehead atoms. The van der Waals surface area contributed by atoms with Crippen LogP contribution in [0.1, 0.15) is 5.56 Å². The predicted octanol–water partition coefficient (Wildman–Crippen LogP) is 1.24. The summed E-state index contributed by atoms with van der Waals surface area (Å²) in [5, 5.41) is 2.38. The van der Waals surface area contributed by atoms with Crippen molar-refractivity contribution in [3.63, 3.8) is 0 Å². The molecule has 2 rings (SSSR count). The maximum atomic E-state index is 12.3. The molecule has 74 valence electrons. The van der Waals surface area contributed by atoms with E-state index in [0.717, 1.165) is 12.1 Å². The molecular weight excluding hydrogens is 194 g/mol. The van der Waals surface area contributed by atoms with Crippen molar-refractivity contribution < 1.29 is 17.7 Å². The Morgan fingerprint density at radius 1 is 1.29 bits per heavy atom. The van der Waals surface area contributed by atoms with Gasteiger partial charge in [-0.2, -0.15) is 0 Å². The lowest BCUT2D eigenvalue weighted by atomic mass is 9.79. The van der Waals surface area contributed by atoms with Gasteiger partial charge in [0.15, 0.2) is 0 Å². The summed E-state index contributed by atoms with van der Waals surface area (Å²) in [5.74, 6) is -0.258. The molecule has 0 radical (unpaired) electrons. The molecule has 0 aliphatic carbocycles. The zero-order valence-corrected chi connectivity index (χ0v) is 7.06. The van der Waals surface area contributed by atoms with Crippen LogP contribution in [0.5, 0.6) is 0 Å². The summed E-state index contributed by atoms with van der Waals surface area (Å²) in [6.45, 7) is -4.98. The second-order valence-corrected chi connectivity index (χ2v) is 3.22. The summed E-state index contributed by atoms with van der Waals surface area (Å²) < 4.78 is 36.9. The fraction of sp³-hybridized carbons (Fsp3) is 0.125. The van der Waals surface area contributed by atoms with Crippen LogP contribution in [-0.4, -0.2) is 12.9 Å². The van der Waals surface area contributed by atoms with Crippen molar-refractivity contribution in [2.45, 2.75) is 6.42 Å². The number of benzene rings is 1. The normalized spacial score (nSPS) is 15.2. The monoisotopic (exact) mass is 200 g/mol. The molecule has 6 heteroatoms. The third-order valence-corrected chi connectivity index (χ3v) is 2.14. The van der Waals surface area contributed by atoms with Crippen molar-refractivity contribution in [3.05, 3.63) is 23.8 Å². The van der Waals surface area contributed by atoms with Gasteiger partial charge in [-0.3, -0.25) is 4.79 Å². The lowest BCUT2D eigenvalue weighted by Crippen LogP contribution is -2.33. The number of hydrogen-bond acceptors (Lipinski definition) is 1. The van der Waals surface area contributed by atoms with E-state index >= 15 is 0 Å². The number of fused-ring (bicyclic) bond motifs is 1. The molecule has 0 unspecified atom stereocenters. The molecule has 1 aliphatic heterocycles. The van der Waals surface area contributed by atoms with Crippen molar-refractivity contribution in [3.8, 4) is 0 Å². The van der Waals surface area contributed by atoms with Gasteiger partial charge in [-0.1, -0.05) is 18.2 Å². The Morgan fingerprint density at radius 3 is 2.64 bits per heavy atom. The Labute approximate surface area is 78.2 Å². The van der Waals surface area contributed by atoms with Crippen molar-refractivity contribution in [2.24, 2.45) is 0 Å². The zero-order chi connectivity index (χ0) is 10.3. The molecule has 14 heavy (non-hydrogen) atoms. The van der Waals surface area contributed by atoms with Gasteiger partial charge in [0.2, 0.25) is 5.91 Å². The lowest BCUT2D eigenvalue weighted by Gasteiger charge is -2.15. The number of hydrogen-bond donors (Lipinski definition) is 1. The van der Waals surface area contributed by atoms with Crippen molar-refractivity contribution >= 4 is 24.0 Å². The molecule has 1 amide bonds. The van der Waals surface area contributed by atoms with Gasteiger partial charge in [-0.25, -0.2) is 0 Å². The first-order chi connectivity index (χ1) is 6.47. The number of nitrogens with one attached hydrogen (secondary N) is 1. The van der Waals surface area contributed by atoms with Crippen molar-refractivity contribution in [1.82, 2.24) is 0 Å². The summed E-state index contributed by atoms with van der Waals surface area (Å²) in [6.07, 6.45) is 0.167. The summed E-state index contributed by atoms with van der Waals surface area (Å²) in [7, 11) is 0. The molecule has 1 aromatic rings. The molecule has 0 fully saturated rings. The van der Waals surface area contributed by atoms with Gasteiger partial charge in [0.1, 0.15) is 0 Å². The fourth-order valence-electron chi connectivity index (χ4n) is 1.44. The van der Waals surface area contributed by atoms with Gasteiger partial charge in [0.05, 0.1) is 6.42 Å². The van der Waals surface area contributed by atoms with Gasteiger partial charge in [0.25, 0.3) is 0 Å². The zero-order valence-electron chi connectivity index (χ0n) is 7.06. The van der Waals surface area contributed by atoms with Crippen molar-refractivity contribution in [1.29, 1.82) is 0 Å². The molecule has 0 spiro atoms. The topological polar surface area (TPSA) is 29.1 Å². The molecule has 0 saturated carbocycles. The van der Waals surface area contributed by atoms with E-state index in [1.54, 1.807) is 0 Å². The molecule has 1 aliphatic rings. The van der Waals surface area contributed by atoms with E-state index in [2.05, 4.69) is 5.32 Å². The number of anilines is 1. The summed E-state index contributed by atoms with van der Waals surface area (Å²) >= 11 is 0. The standard InChI is InChI=1S/C8H6BF3NO/c10-9(11,12)6-2-1-5-3-8(14)13-7(5)4-6/h1-2,4H,3H2,(H,13,14)/q-1. The quantitative estimate of drug-likeness (QED) is 0.678. The maximum Gasteiger partial charge on any atom is 0.509 e. The molecule has 1 heterocycles. The number of rotatable bonds is 1. The van der Waals surface area contributed by atoms with E-state index in [4.69, 9.17) is 0 Å². The van der Waals surface area contributed by atoms with E-state index in [-0.39, 0.29) is 18.0 Å². The van der Waals surface area contributed by atoms with Crippen LogP contribution in [0.25, 0.3) is 0 Å². The van der Waals surface area contributed by atoms with Crippen LogP contribution in [0.3, 0.4) is 0 Å². The number of amides is 1. The van der Waals surface area contributed by atoms with Crippen LogP contribution in [0.2, 0.25) is 0 Å². The van der Waals surface area contributed by atoms with Gasteiger partial charge in [-0.15, -0.1) is 5.46 Å². The number of carbonyl (C=O) groups is 1. The highest BCUT2D eigenvalue weighted by atomic mass is 19.4. The Bertz CT molecular complexity index is 402. The highest BCUT2D eigenvalue weighted by Crippen LogP contribution is 2.22. The second kappa shape index (κ2) is 2.77. The Morgan fingerprint density at radius 2 is 2.00 bits per heavy atom. The minimum atomic E-state index is -4.98. The van der Waals surface area contributed by atoms with Crippen LogP contribution in [0, 0.1) is 0 Å². The largest absolute Gasteiger partial charge is 0.509 e. The molecule has 1 N–H and O–H groups in total. The van der Waals surface area contributed by atoms with Crippen LogP contribution in [0.4, 0.5) is 18.6 Å². The molecule has 1 aromatic carbocycles. The van der Waals surface area contributed by atoms with E-state index in [1.807, 2.05) is 0 Å². The summed E-state index contributed by atoms with van der Waals surface area (Å²) in [4.78, 5) is 10.9. The van der Waals surface area contributed by atoms with Crippen LogP contribution in [0.15, 0.2) is 18.2 Å². The first-order valence-corrected chi connectivity index (χ1v) is 4.09. The molecule has 0 atom stereocenters. The Balaban J connectivity index is 2.43. The number of carbonyl (C=O) groups excluding carboxylic acids is 1.